The summed E-state index contributed by atoms with van der Waals surface area (Å²) in [4.78, 5) is 21.4. The molecule has 6 nitrogen and oxygen atoms in total. The SMILES string of the molecule is CC(C=O)NC(=O)[C@H](C)NS(C)(=O)=O.S. The zero-order chi connectivity index (χ0) is 11.4. The first-order valence-corrected chi connectivity index (χ1v) is 5.88. The second-order valence-corrected chi connectivity index (χ2v) is 4.83. The molecule has 0 radical (unpaired) electrons. The molecule has 0 aliphatic heterocycles. The quantitative estimate of drug-likeness (QED) is 0.601. The summed E-state index contributed by atoms with van der Waals surface area (Å²) in [5.74, 6) is -0.532. The Hall–Kier alpha value is -0.600. The van der Waals surface area contributed by atoms with Gasteiger partial charge in [0, 0.05) is 0 Å². The fourth-order valence-electron chi connectivity index (χ4n) is 0.758. The summed E-state index contributed by atoms with van der Waals surface area (Å²) in [6, 6.07) is -1.50. The van der Waals surface area contributed by atoms with E-state index in [4.69, 9.17) is 0 Å². The van der Waals surface area contributed by atoms with Gasteiger partial charge in [0.15, 0.2) is 0 Å². The number of rotatable bonds is 5. The number of aldehydes is 1. The Bertz CT molecular complexity index is 315. The van der Waals surface area contributed by atoms with Crippen LogP contribution in [-0.2, 0) is 19.6 Å². The first-order chi connectivity index (χ1) is 6.26. The smallest absolute Gasteiger partial charge is 0.238 e. The lowest BCUT2D eigenvalue weighted by atomic mass is 10.3. The molecule has 2 atom stereocenters. The summed E-state index contributed by atoms with van der Waals surface area (Å²) in [5, 5.41) is 2.32. The molecule has 0 saturated heterocycles. The number of sulfonamides is 1. The van der Waals surface area contributed by atoms with E-state index in [1.807, 2.05) is 0 Å². The molecular weight excluding hydrogens is 240 g/mol. The molecule has 0 heterocycles. The molecule has 0 fully saturated rings. The third kappa shape index (κ3) is 8.40. The fourth-order valence-corrected chi connectivity index (χ4v) is 1.51. The Morgan fingerprint density at radius 1 is 1.33 bits per heavy atom. The zero-order valence-corrected chi connectivity index (χ0v) is 10.6. The number of hydrogen-bond acceptors (Lipinski definition) is 4. The van der Waals surface area contributed by atoms with Gasteiger partial charge in [-0.2, -0.15) is 13.5 Å². The van der Waals surface area contributed by atoms with Crippen molar-refractivity contribution in [1.82, 2.24) is 10.0 Å². The third-order valence-electron chi connectivity index (χ3n) is 1.36. The Morgan fingerprint density at radius 2 is 1.80 bits per heavy atom. The Balaban J connectivity index is 0. The molecular formula is C7H16N2O4S2. The van der Waals surface area contributed by atoms with Crippen molar-refractivity contribution in [2.75, 3.05) is 6.26 Å². The van der Waals surface area contributed by atoms with Crippen molar-refractivity contribution in [3.05, 3.63) is 0 Å². The van der Waals surface area contributed by atoms with Crippen LogP contribution >= 0.6 is 13.5 Å². The highest BCUT2D eigenvalue weighted by molar-refractivity contribution is 7.88. The summed E-state index contributed by atoms with van der Waals surface area (Å²) in [6.07, 6.45) is 1.52. The highest BCUT2D eigenvalue weighted by Gasteiger charge is 2.17. The van der Waals surface area contributed by atoms with E-state index < -0.39 is 28.0 Å². The van der Waals surface area contributed by atoms with Gasteiger partial charge in [-0.15, -0.1) is 0 Å². The molecule has 0 aromatic carbocycles. The second kappa shape index (κ2) is 6.81. The first kappa shape index (κ1) is 16.8. The highest BCUT2D eigenvalue weighted by atomic mass is 32.2. The van der Waals surface area contributed by atoms with E-state index in [0.717, 1.165) is 6.26 Å². The molecule has 0 saturated carbocycles. The maximum atomic E-state index is 11.2. The molecule has 2 N–H and O–H groups in total. The van der Waals surface area contributed by atoms with E-state index in [2.05, 4.69) is 10.0 Å². The van der Waals surface area contributed by atoms with Crippen molar-refractivity contribution in [1.29, 1.82) is 0 Å². The molecule has 0 aromatic rings. The van der Waals surface area contributed by atoms with Crippen LogP contribution in [0.25, 0.3) is 0 Å². The maximum absolute atomic E-state index is 11.2. The topological polar surface area (TPSA) is 92.3 Å². The van der Waals surface area contributed by atoms with E-state index in [-0.39, 0.29) is 13.5 Å². The molecule has 0 aromatic heterocycles. The van der Waals surface area contributed by atoms with Crippen LogP contribution in [0.4, 0.5) is 0 Å². The van der Waals surface area contributed by atoms with Gasteiger partial charge < -0.3 is 10.1 Å². The van der Waals surface area contributed by atoms with Crippen LogP contribution in [0.5, 0.6) is 0 Å². The van der Waals surface area contributed by atoms with Gasteiger partial charge in [-0.05, 0) is 13.8 Å². The van der Waals surface area contributed by atoms with Crippen molar-refractivity contribution in [3.8, 4) is 0 Å². The van der Waals surface area contributed by atoms with Gasteiger partial charge in [0.25, 0.3) is 0 Å². The minimum atomic E-state index is -3.41. The van der Waals surface area contributed by atoms with Gasteiger partial charge in [0.1, 0.15) is 6.29 Å². The Morgan fingerprint density at radius 3 is 2.13 bits per heavy atom. The van der Waals surface area contributed by atoms with E-state index in [1.54, 1.807) is 0 Å². The Labute approximate surface area is 96.3 Å². The van der Waals surface area contributed by atoms with Gasteiger partial charge >= 0.3 is 0 Å². The monoisotopic (exact) mass is 256 g/mol. The predicted molar refractivity (Wildman–Crippen MR) is 61.5 cm³/mol. The molecule has 0 rings (SSSR count). The van der Waals surface area contributed by atoms with Crippen LogP contribution in [0.2, 0.25) is 0 Å². The van der Waals surface area contributed by atoms with Crippen molar-refractivity contribution in [2.45, 2.75) is 25.9 Å². The van der Waals surface area contributed by atoms with Gasteiger partial charge in [0.05, 0.1) is 18.3 Å². The van der Waals surface area contributed by atoms with Crippen molar-refractivity contribution in [3.63, 3.8) is 0 Å². The number of nitrogens with one attached hydrogen (secondary N) is 2. The molecule has 0 aliphatic carbocycles. The van der Waals surface area contributed by atoms with E-state index in [9.17, 15) is 18.0 Å². The van der Waals surface area contributed by atoms with Gasteiger partial charge in [-0.1, -0.05) is 0 Å². The normalized spacial score (nSPS) is 14.6. The minimum absolute atomic E-state index is 0. The van der Waals surface area contributed by atoms with Crippen molar-refractivity contribution < 1.29 is 18.0 Å². The minimum Gasteiger partial charge on any atom is -0.346 e. The number of hydrogen-bond donors (Lipinski definition) is 2. The largest absolute Gasteiger partial charge is 0.346 e. The predicted octanol–water partition coefficient (Wildman–Crippen LogP) is -1.26. The average Bonchev–Trinajstić information content (AvgIpc) is 2.00. The van der Waals surface area contributed by atoms with E-state index in [1.165, 1.54) is 13.8 Å². The van der Waals surface area contributed by atoms with Crippen molar-refractivity contribution in [2.24, 2.45) is 0 Å². The second-order valence-electron chi connectivity index (χ2n) is 3.05. The molecule has 90 valence electrons. The lowest BCUT2D eigenvalue weighted by Crippen LogP contribution is -2.47. The summed E-state index contributed by atoms with van der Waals surface area (Å²) in [5.41, 5.74) is 0. The molecule has 1 amide bonds. The number of amides is 1. The van der Waals surface area contributed by atoms with Crippen LogP contribution in [-0.4, -0.2) is 39.0 Å². The van der Waals surface area contributed by atoms with Crippen LogP contribution in [0, 0.1) is 0 Å². The lowest BCUT2D eigenvalue weighted by Gasteiger charge is -2.13. The highest BCUT2D eigenvalue weighted by Crippen LogP contribution is 1.87. The van der Waals surface area contributed by atoms with Crippen LogP contribution in [0.3, 0.4) is 0 Å². The van der Waals surface area contributed by atoms with Crippen LogP contribution in [0.1, 0.15) is 13.8 Å². The first-order valence-electron chi connectivity index (χ1n) is 3.99. The van der Waals surface area contributed by atoms with E-state index >= 15 is 0 Å². The molecule has 1 unspecified atom stereocenters. The van der Waals surface area contributed by atoms with Crippen LogP contribution < -0.4 is 10.0 Å². The fraction of sp³-hybridized carbons (Fsp3) is 0.714. The molecule has 0 bridgehead atoms. The van der Waals surface area contributed by atoms with Gasteiger partial charge in [-0.3, -0.25) is 4.79 Å². The molecule has 0 aliphatic rings. The standard InChI is InChI=1S/C7H14N2O4S.H2S/c1-5(4-10)8-7(11)6(2)9-14(3,12)13;/h4-6,9H,1-3H3,(H,8,11);1H2/t5?,6-;/m0./s1. The molecule has 8 heteroatoms. The van der Waals surface area contributed by atoms with Crippen LogP contribution in [0.15, 0.2) is 0 Å². The maximum Gasteiger partial charge on any atom is 0.238 e. The lowest BCUT2D eigenvalue weighted by molar-refractivity contribution is -0.124. The summed E-state index contributed by atoms with van der Waals surface area (Å²) in [7, 11) is -3.41. The molecule has 15 heavy (non-hydrogen) atoms. The number of carbonyl (C=O) groups is 2. The summed E-state index contributed by atoms with van der Waals surface area (Å²) in [6.45, 7) is 2.89. The summed E-state index contributed by atoms with van der Waals surface area (Å²) >= 11 is 0. The third-order valence-corrected chi connectivity index (χ3v) is 2.14. The zero-order valence-electron chi connectivity index (χ0n) is 8.77. The Kier molecular flexibility index (Phi) is 7.63. The summed E-state index contributed by atoms with van der Waals surface area (Å²) < 4.78 is 23.6. The number of carbonyl (C=O) groups excluding carboxylic acids is 2. The average molecular weight is 256 g/mol. The van der Waals surface area contributed by atoms with E-state index in [0.29, 0.717) is 6.29 Å². The molecule has 0 spiro atoms. The van der Waals surface area contributed by atoms with Crippen molar-refractivity contribution >= 4 is 35.7 Å². The van der Waals surface area contributed by atoms with Gasteiger partial charge in [-0.25, -0.2) is 13.1 Å². The van der Waals surface area contributed by atoms with Gasteiger partial charge in [0.2, 0.25) is 15.9 Å².